The van der Waals surface area contributed by atoms with E-state index < -0.39 is 0 Å². The zero-order valence-electron chi connectivity index (χ0n) is 16.0. The van der Waals surface area contributed by atoms with Crippen molar-refractivity contribution in [3.63, 3.8) is 0 Å². The van der Waals surface area contributed by atoms with E-state index in [1.54, 1.807) is 0 Å². The van der Waals surface area contributed by atoms with E-state index in [1.807, 2.05) is 29.2 Å². The monoisotopic (exact) mass is 435 g/mol. The lowest BCUT2D eigenvalue weighted by Crippen LogP contribution is -2.40. The van der Waals surface area contributed by atoms with E-state index in [4.69, 9.17) is 0 Å². The van der Waals surface area contributed by atoms with Crippen molar-refractivity contribution in [2.45, 2.75) is 51.0 Å². The minimum Gasteiger partial charge on any atom is -0.354 e. The molecule has 1 unspecified atom stereocenters. The quantitative estimate of drug-likeness (QED) is 0.666. The molecule has 1 aromatic carbocycles. The van der Waals surface area contributed by atoms with Crippen LogP contribution >= 0.6 is 15.9 Å². The fraction of sp³-hybridized carbons (Fsp3) is 0.619. The fourth-order valence-electron chi connectivity index (χ4n) is 4.06. The molecule has 0 bridgehead atoms. The summed E-state index contributed by atoms with van der Waals surface area (Å²) >= 11 is 3.52. The van der Waals surface area contributed by atoms with E-state index >= 15 is 0 Å². The van der Waals surface area contributed by atoms with Crippen LogP contribution in [-0.2, 0) is 9.59 Å². The standard InChI is InChI=1S/C21H30BrN3O2/c22-18-9-6-8-17(16-18)20(25-13-4-5-14-25)21(27)23-11-7-15-24-12-3-1-2-10-19(24)26/h6,8-9,16,20H,1-5,7,10-15H2,(H,23,27). The second kappa shape index (κ2) is 10.2. The Morgan fingerprint density at radius 3 is 2.67 bits per heavy atom. The van der Waals surface area contributed by atoms with E-state index in [0.717, 1.165) is 74.7 Å². The molecule has 2 aliphatic heterocycles. The number of halogens is 1. The van der Waals surface area contributed by atoms with Gasteiger partial charge in [0.15, 0.2) is 0 Å². The van der Waals surface area contributed by atoms with Crippen LogP contribution in [0.2, 0.25) is 0 Å². The van der Waals surface area contributed by atoms with Crippen LogP contribution in [0.1, 0.15) is 56.6 Å². The average Bonchev–Trinajstić information content (AvgIpc) is 3.09. The molecule has 2 heterocycles. The Balaban J connectivity index is 1.54. The van der Waals surface area contributed by atoms with Gasteiger partial charge in [-0.2, -0.15) is 0 Å². The Morgan fingerprint density at radius 1 is 1.11 bits per heavy atom. The Morgan fingerprint density at radius 2 is 1.89 bits per heavy atom. The highest BCUT2D eigenvalue weighted by atomic mass is 79.9. The van der Waals surface area contributed by atoms with Gasteiger partial charge in [0.25, 0.3) is 0 Å². The smallest absolute Gasteiger partial charge is 0.241 e. The van der Waals surface area contributed by atoms with Crippen LogP contribution in [0, 0.1) is 0 Å². The molecule has 1 aromatic rings. The van der Waals surface area contributed by atoms with Crippen LogP contribution in [0.15, 0.2) is 28.7 Å². The summed E-state index contributed by atoms with van der Waals surface area (Å²) in [4.78, 5) is 29.3. The first-order valence-corrected chi connectivity index (χ1v) is 11.0. The number of nitrogens with one attached hydrogen (secondary N) is 1. The molecule has 6 heteroatoms. The van der Waals surface area contributed by atoms with Crippen LogP contribution in [0.3, 0.4) is 0 Å². The summed E-state index contributed by atoms with van der Waals surface area (Å²) < 4.78 is 0.997. The number of amides is 2. The molecule has 0 aliphatic carbocycles. The lowest BCUT2D eigenvalue weighted by atomic mass is 10.0. The van der Waals surface area contributed by atoms with E-state index in [-0.39, 0.29) is 17.9 Å². The maximum absolute atomic E-state index is 13.0. The minimum absolute atomic E-state index is 0.0668. The number of likely N-dealkylation sites (tertiary alicyclic amines) is 2. The number of carbonyl (C=O) groups is 2. The zero-order valence-corrected chi connectivity index (χ0v) is 17.5. The molecule has 1 N–H and O–H groups in total. The molecular weight excluding hydrogens is 406 g/mol. The number of nitrogens with zero attached hydrogens (tertiary/aromatic N) is 2. The normalized spacial score (nSPS) is 19.7. The van der Waals surface area contributed by atoms with Crippen LogP contribution in [0.5, 0.6) is 0 Å². The third kappa shape index (κ3) is 5.79. The fourth-order valence-corrected chi connectivity index (χ4v) is 4.47. The molecule has 0 radical (unpaired) electrons. The summed E-state index contributed by atoms with van der Waals surface area (Å²) in [7, 11) is 0. The zero-order chi connectivity index (χ0) is 19.1. The molecule has 2 fully saturated rings. The van der Waals surface area contributed by atoms with Crippen molar-refractivity contribution in [2.24, 2.45) is 0 Å². The molecule has 27 heavy (non-hydrogen) atoms. The number of hydrogen-bond acceptors (Lipinski definition) is 3. The Hall–Kier alpha value is -1.40. The Labute approximate surface area is 170 Å². The molecular formula is C21H30BrN3O2. The van der Waals surface area contributed by atoms with Gasteiger partial charge < -0.3 is 10.2 Å². The Bertz CT molecular complexity index is 646. The first kappa shape index (κ1) is 20.3. The summed E-state index contributed by atoms with van der Waals surface area (Å²) in [6, 6.07) is 7.81. The SMILES string of the molecule is O=C(NCCCN1CCCCCC1=O)C(c1cccc(Br)c1)N1CCCC1. The van der Waals surface area contributed by atoms with Crippen molar-refractivity contribution in [3.05, 3.63) is 34.3 Å². The number of hydrogen-bond donors (Lipinski definition) is 1. The van der Waals surface area contributed by atoms with Crippen molar-refractivity contribution in [1.29, 1.82) is 0 Å². The van der Waals surface area contributed by atoms with Gasteiger partial charge in [-0.1, -0.05) is 34.5 Å². The molecule has 2 aliphatic rings. The number of carbonyl (C=O) groups excluding carboxylic acids is 2. The lowest BCUT2D eigenvalue weighted by molar-refractivity contribution is -0.130. The van der Waals surface area contributed by atoms with E-state index in [0.29, 0.717) is 13.0 Å². The van der Waals surface area contributed by atoms with Crippen molar-refractivity contribution < 1.29 is 9.59 Å². The van der Waals surface area contributed by atoms with Crippen molar-refractivity contribution in [2.75, 3.05) is 32.7 Å². The predicted molar refractivity (Wildman–Crippen MR) is 110 cm³/mol. The number of benzene rings is 1. The topological polar surface area (TPSA) is 52.7 Å². The van der Waals surface area contributed by atoms with E-state index in [9.17, 15) is 9.59 Å². The molecule has 148 valence electrons. The van der Waals surface area contributed by atoms with Crippen molar-refractivity contribution in [1.82, 2.24) is 15.1 Å². The molecule has 3 rings (SSSR count). The second-order valence-corrected chi connectivity index (χ2v) is 8.45. The van der Waals surface area contributed by atoms with Gasteiger partial charge in [0.1, 0.15) is 6.04 Å². The molecule has 2 amide bonds. The molecule has 0 aromatic heterocycles. The second-order valence-electron chi connectivity index (χ2n) is 7.54. The molecule has 2 saturated heterocycles. The molecule has 1 atom stereocenters. The lowest BCUT2D eigenvalue weighted by Gasteiger charge is -2.27. The highest BCUT2D eigenvalue weighted by Crippen LogP contribution is 2.27. The molecule has 0 saturated carbocycles. The summed E-state index contributed by atoms with van der Waals surface area (Å²) in [5, 5.41) is 3.11. The van der Waals surface area contributed by atoms with Gasteiger partial charge in [-0.05, 0) is 62.9 Å². The number of rotatable bonds is 7. The molecule has 0 spiro atoms. The van der Waals surface area contributed by atoms with Gasteiger partial charge in [-0.3, -0.25) is 14.5 Å². The van der Waals surface area contributed by atoms with Gasteiger partial charge in [0.2, 0.25) is 11.8 Å². The minimum atomic E-state index is -0.232. The average molecular weight is 436 g/mol. The van der Waals surface area contributed by atoms with Gasteiger partial charge in [-0.25, -0.2) is 0 Å². The highest BCUT2D eigenvalue weighted by molar-refractivity contribution is 9.10. The predicted octanol–water partition coefficient (Wildman–Crippen LogP) is 3.49. The summed E-state index contributed by atoms with van der Waals surface area (Å²) in [5.74, 6) is 0.333. The highest BCUT2D eigenvalue weighted by Gasteiger charge is 2.29. The largest absolute Gasteiger partial charge is 0.354 e. The van der Waals surface area contributed by atoms with Crippen LogP contribution in [-0.4, -0.2) is 54.3 Å². The van der Waals surface area contributed by atoms with E-state index in [1.165, 1.54) is 0 Å². The van der Waals surface area contributed by atoms with E-state index in [2.05, 4.69) is 26.1 Å². The van der Waals surface area contributed by atoms with Gasteiger partial charge in [0.05, 0.1) is 0 Å². The summed E-state index contributed by atoms with van der Waals surface area (Å²) in [5.41, 5.74) is 1.03. The van der Waals surface area contributed by atoms with Crippen LogP contribution in [0.25, 0.3) is 0 Å². The maximum atomic E-state index is 13.0. The van der Waals surface area contributed by atoms with Gasteiger partial charge >= 0.3 is 0 Å². The maximum Gasteiger partial charge on any atom is 0.241 e. The van der Waals surface area contributed by atoms with Gasteiger partial charge in [-0.15, -0.1) is 0 Å². The molecule has 5 nitrogen and oxygen atoms in total. The first-order valence-electron chi connectivity index (χ1n) is 10.2. The first-order chi connectivity index (χ1) is 13.1. The third-order valence-corrected chi connectivity index (χ3v) is 5.99. The summed E-state index contributed by atoms with van der Waals surface area (Å²) in [6.07, 6.45) is 7.02. The van der Waals surface area contributed by atoms with Crippen molar-refractivity contribution >= 4 is 27.7 Å². The Kier molecular flexibility index (Phi) is 7.70. The summed E-state index contributed by atoms with van der Waals surface area (Å²) in [6.45, 7) is 4.15. The van der Waals surface area contributed by atoms with Crippen LogP contribution in [0.4, 0.5) is 0 Å². The van der Waals surface area contributed by atoms with Gasteiger partial charge in [0, 0.05) is 30.5 Å². The van der Waals surface area contributed by atoms with Crippen LogP contribution < -0.4 is 5.32 Å². The van der Waals surface area contributed by atoms with Crippen molar-refractivity contribution in [3.8, 4) is 0 Å². The third-order valence-electron chi connectivity index (χ3n) is 5.49.